The van der Waals surface area contributed by atoms with Crippen molar-refractivity contribution < 1.29 is 4.79 Å². The molecule has 0 bridgehead atoms. The molecule has 0 heterocycles. The molecule has 0 fully saturated rings. The summed E-state index contributed by atoms with van der Waals surface area (Å²) in [5, 5.41) is -0.430. The van der Waals surface area contributed by atoms with Gasteiger partial charge in [-0.2, -0.15) is 0 Å². The Morgan fingerprint density at radius 2 is 2.00 bits per heavy atom. The summed E-state index contributed by atoms with van der Waals surface area (Å²) in [6, 6.07) is 7.19. The van der Waals surface area contributed by atoms with E-state index in [9.17, 15) is 4.79 Å². The third kappa shape index (κ3) is 2.82. The Morgan fingerprint density at radius 1 is 1.43 bits per heavy atom. The molecule has 1 rings (SSSR count). The van der Waals surface area contributed by atoms with Crippen LogP contribution in [0.3, 0.4) is 0 Å². The zero-order valence-corrected chi connectivity index (χ0v) is 8.92. The SMILES string of the molecule is CCCC(N)c1ccc(C(=O)Cl)cc1. The van der Waals surface area contributed by atoms with Crippen LogP contribution >= 0.6 is 11.6 Å². The summed E-state index contributed by atoms with van der Waals surface area (Å²) < 4.78 is 0. The molecule has 14 heavy (non-hydrogen) atoms. The van der Waals surface area contributed by atoms with Crippen LogP contribution in [0.5, 0.6) is 0 Å². The lowest BCUT2D eigenvalue weighted by atomic mass is 10.0. The lowest BCUT2D eigenvalue weighted by Crippen LogP contribution is -2.09. The van der Waals surface area contributed by atoms with Gasteiger partial charge < -0.3 is 5.73 Å². The Balaban J connectivity index is 2.77. The van der Waals surface area contributed by atoms with Crippen molar-refractivity contribution in [2.24, 2.45) is 5.73 Å². The van der Waals surface area contributed by atoms with Gasteiger partial charge in [0.2, 0.25) is 0 Å². The smallest absolute Gasteiger partial charge is 0.252 e. The fourth-order valence-electron chi connectivity index (χ4n) is 1.34. The Morgan fingerprint density at radius 3 is 2.43 bits per heavy atom. The molecule has 0 aliphatic carbocycles. The van der Waals surface area contributed by atoms with Crippen LogP contribution in [0.1, 0.15) is 41.7 Å². The Bertz CT molecular complexity index is 308. The van der Waals surface area contributed by atoms with Crippen LogP contribution in [-0.4, -0.2) is 5.24 Å². The van der Waals surface area contributed by atoms with E-state index in [-0.39, 0.29) is 6.04 Å². The van der Waals surface area contributed by atoms with Crippen molar-refractivity contribution in [2.45, 2.75) is 25.8 Å². The lowest BCUT2D eigenvalue weighted by Gasteiger charge is -2.10. The molecule has 0 amide bonds. The number of halogens is 1. The van der Waals surface area contributed by atoms with Gasteiger partial charge in [-0.1, -0.05) is 25.5 Å². The van der Waals surface area contributed by atoms with Crippen molar-refractivity contribution in [3.8, 4) is 0 Å². The van der Waals surface area contributed by atoms with Gasteiger partial charge in [-0.15, -0.1) is 0 Å². The van der Waals surface area contributed by atoms with Gasteiger partial charge in [0.15, 0.2) is 0 Å². The van der Waals surface area contributed by atoms with Crippen molar-refractivity contribution >= 4 is 16.8 Å². The topological polar surface area (TPSA) is 43.1 Å². The monoisotopic (exact) mass is 211 g/mol. The van der Waals surface area contributed by atoms with Gasteiger partial charge in [-0.3, -0.25) is 4.79 Å². The fourth-order valence-corrected chi connectivity index (χ4v) is 1.47. The average molecular weight is 212 g/mol. The minimum absolute atomic E-state index is 0.0551. The van der Waals surface area contributed by atoms with Gasteiger partial charge in [-0.05, 0) is 35.7 Å². The number of hydrogen-bond donors (Lipinski definition) is 1. The molecular weight excluding hydrogens is 198 g/mol. The molecule has 0 spiro atoms. The quantitative estimate of drug-likeness (QED) is 0.779. The first-order valence-corrected chi connectivity index (χ1v) is 5.08. The first kappa shape index (κ1) is 11.2. The number of benzene rings is 1. The summed E-state index contributed by atoms with van der Waals surface area (Å²) >= 11 is 5.33. The van der Waals surface area contributed by atoms with Crippen LogP contribution in [0.4, 0.5) is 0 Å². The highest BCUT2D eigenvalue weighted by Crippen LogP contribution is 2.16. The molecule has 0 aromatic heterocycles. The van der Waals surface area contributed by atoms with Gasteiger partial charge >= 0.3 is 0 Å². The van der Waals surface area contributed by atoms with E-state index in [1.165, 1.54) is 0 Å². The van der Waals surface area contributed by atoms with Crippen molar-refractivity contribution in [3.63, 3.8) is 0 Å². The second-order valence-electron chi connectivity index (χ2n) is 3.29. The van der Waals surface area contributed by atoms with E-state index in [4.69, 9.17) is 17.3 Å². The summed E-state index contributed by atoms with van der Waals surface area (Å²) in [6.45, 7) is 2.09. The van der Waals surface area contributed by atoms with Gasteiger partial charge in [0.1, 0.15) is 0 Å². The van der Waals surface area contributed by atoms with E-state index in [1.807, 2.05) is 12.1 Å². The molecule has 3 heteroatoms. The van der Waals surface area contributed by atoms with E-state index in [1.54, 1.807) is 12.1 Å². The minimum Gasteiger partial charge on any atom is -0.324 e. The minimum atomic E-state index is -0.430. The number of hydrogen-bond acceptors (Lipinski definition) is 2. The molecule has 0 aliphatic rings. The first-order chi connectivity index (χ1) is 6.65. The Kier molecular flexibility index (Phi) is 4.11. The summed E-state index contributed by atoms with van der Waals surface area (Å²) in [6.07, 6.45) is 2.01. The maximum absolute atomic E-state index is 10.8. The van der Waals surface area contributed by atoms with Crippen molar-refractivity contribution in [1.29, 1.82) is 0 Å². The summed E-state index contributed by atoms with van der Waals surface area (Å²) in [7, 11) is 0. The van der Waals surface area contributed by atoms with Gasteiger partial charge in [0, 0.05) is 11.6 Å². The predicted octanol–water partition coefficient (Wildman–Crippen LogP) is 2.87. The highest BCUT2D eigenvalue weighted by molar-refractivity contribution is 6.67. The zero-order chi connectivity index (χ0) is 10.6. The largest absolute Gasteiger partial charge is 0.324 e. The fraction of sp³-hybridized carbons (Fsp3) is 0.364. The molecule has 1 atom stereocenters. The predicted molar refractivity (Wildman–Crippen MR) is 58.5 cm³/mol. The van der Waals surface area contributed by atoms with Crippen LogP contribution in [0.2, 0.25) is 0 Å². The molecule has 2 nitrogen and oxygen atoms in total. The maximum atomic E-state index is 10.8. The number of rotatable bonds is 4. The first-order valence-electron chi connectivity index (χ1n) is 4.70. The van der Waals surface area contributed by atoms with E-state index < -0.39 is 5.24 Å². The second-order valence-corrected chi connectivity index (χ2v) is 3.63. The van der Waals surface area contributed by atoms with E-state index >= 15 is 0 Å². The number of nitrogens with two attached hydrogens (primary N) is 1. The second kappa shape index (κ2) is 5.13. The standard InChI is InChI=1S/C11H14ClNO/c1-2-3-10(13)8-4-6-9(7-5-8)11(12)14/h4-7,10H,2-3,13H2,1H3. The van der Waals surface area contributed by atoms with Crippen LogP contribution < -0.4 is 5.73 Å². The van der Waals surface area contributed by atoms with Crippen molar-refractivity contribution in [3.05, 3.63) is 35.4 Å². The normalized spacial score (nSPS) is 12.5. The number of carbonyl (C=O) groups is 1. The van der Waals surface area contributed by atoms with Crippen molar-refractivity contribution in [2.75, 3.05) is 0 Å². The molecular formula is C11H14ClNO. The van der Waals surface area contributed by atoms with Crippen LogP contribution in [0.15, 0.2) is 24.3 Å². The van der Waals surface area contributed by atoms with Gasteiger partial charge in [-0.25, -0.2) is 0 Å². The highest BCUT2D eigenvalue weighted by Gasteiger charge is 2.06. The molecule has 0 saturated carbocycles. The average Bonchev–Trinajstić information content (AvgIpc) is 2.18. The van der Waals surface area contributed by atoms with Gasteiger partial charge in [0.05, 0.1) is 0 Å². The molecule has 1 unspecified atom stereocenters. The molecule has 1 aromatic rings. The molecule has 1 aromatic carbocycles. The van der Waals surface area contributed by atoms with Crippen LogP contribution in [-0.2, 0) is 0 Å². The Labute approximate surface area is 89.1 Å². The maximum Gasteiger partial charge on any atom is 0.252 e. The lowest BCUT2D eigenvalue weighted by molar-refractivity contribution is 0.108. The third-order valence-corrected chi connectivity index (χ3v) is 2.38. The summed E-state index contributed by atoms with van der Waals surface area (Å²) in [5.41, 5.74) is 7.48. The van der Waals surface area contributed by atoms with E-state index in [0.717, 1.165) is 18.4 Å². The molecule has 0 saturated heterocycles. The summed E-state index contributed by atoms with van der Waals surface area (Å²) in [4.78, 5) is 10.8. The molecule has 76 valence electrons. The molecule has 2 N–H and O–H groups in total. The molecule has 0 aliphatic heterocycles. The zero-order valence-electron chi connectivity index (χ0n) is 8.16. The van der Waals surface area contributed by atoms with E-state index in [2.05, 4.69) is 6.92 Å². The summed E-state index contributed by atoms with van der Waals surface area (Å²) in [5.74, 6) is 0. The molecule has 0 radical (unpaired) electrons. The van der Waals surface area contributed by atoms with E-state index in [0.29, 0.717) is 5.56 Å². The number of carbonyl (C=O) groups excluding carboxylic acids is 1. The van der Waals surface area contributed by atoms with Crippen LogP contribution in [0, 0.1) is 0 Å². The highest BCUT2D eigenvalue weighted by atomic mass is 35.5. The van der Waals surface area contributed by atoms with Gasteiger partial charge in [0.25, 0.3) is 5.24 Å². The van der Waals surface area contributed by atoms with Crippen molar-refractivity contribution in [1.82, 2.24) is 0 Å². The Hall–Kier alpha value is -0.860. The third-order valence-electron chi connectivity index (χ3n) is 2.17. The van der Waals surface area contributed by atoms with Crippen LogP contribution in [0.25, 0.3) is 0 Å².